The van der Waals surface area contributed by atoms with E-state index in [2.05, 4.69) is 118 Å². The first-order valence-corrected chi connectivity index (χ1v) is 35.6. The zero-order valence-corrected chi connectivity index (χ0v) is 54.7. The van der Waals surface area contributed by atoms with Crippen LogP contribution in [0.2, 0.25) is 0 Å². The number of phosphoric ester groups is 1. The van der Waals surface area contributed by atoms with Crippen molar-refractivity contribution in [2.45, 2.75) is 315 Å². The van der Waals surface area contributed by atoms with Gasteiger partial charge in [0.05, 0.1) is 19.8 Å². The van der Waals surface area contributed by atoms with E-state index in [-0.39, 0.29) is 25.9 Å². The van der Waals surface area contributed by atoms with Gasteiger partial charge in [0.1, 0.15) is 12.7 Å². The molecule has 84 heavy (non-hydrogen) atoms. The molecule has 0 rings (SSSR count). The van der Waals surface area contributed by atoms with Crippen molar-refractivity contribution in [2.75, 3.05) is 26.4 Å². The van der Waals surface area contributed by atoms with Crippen LogP contribution in [0.15, 0.2) is 97.2 Å². The van der Waals surface area contributed by atoms with Crippen LogP contribution in [0.4, 0.5) is 0 Å². The quantitative estimate of drug-likeness (QED) is 0.0197. The van der Waals surface area contributed by atoms with Gasteiger partial charge in [0.25, 0.3) is 0 Å². The van der Waals surface area contributed by atoms with Gasteiger partial charge in [-0.3, -0.25) is 23.4 Å². The van der Waals surface area contributed by atoms with E-state index < -0.39 is 57.8 Å². The minimum absolute atomic E-state index is 0.152. The van der Waals surface area contributed by atoms with Gasteiger partial charge in [0, 0.05) is 19.3 Å². The van der Waals surface area contributed by atoms with E-state index in [1.807, 2.05) is 0 Å². The van der Waals surface area contributed by atoms with Gasteiger partial charge in [-0.15, -0.1) is 0 Å². The fraction of sp³-hybridized carbons (Fsp3) is 0.736. The highest BCUT2D eigenvalue weighted by molar-refractivity contribution is 7.47. The number of phosphoric acid groups is 1. The number of carbonyl (C=O) groups is 3. The number of hydrogen-bond acceptors (Lipinski definition) is 10. The number of carbonyl (C=O) groups excluding carboxylic acids is 3. The van der Waals surface area contributed by atoms with Gasteiger partial charge in [-0.05, 0) is 122 Å². The maximum Gasteiger partial charge on any atom is 0.472 e. The molecular formula is C72H125O11P. The topological polar surface area (TPSA) is 155 Å². The zero-order chi connectivity index (χ0) is 61.2. The predicted octanol–water partition coefficient (Wildman–Crippen LogP) is 21.2. The normalized spacial score (nSPS) is 13.8. The van der Waals surface area contributed by atoms with Gasteiger partial charge < -0.3 is 24.2 Å². The summed E-state index contributed by atoms with van der Waals surface area (Å²) in [6.45, 7) is 4.51. The van der Waals surface area contributed by atoms with Crippen molar-refractivity contribution in [3.63, 3.8) is 0 Å². The first-order valence-electron chi connectivity index (χ1n) is 34.1. The molecule has 0 amide bonds. The van der Waals surface area contributed by atoms with Crippen LogP contribution in [0.25, 0.3) is 0 Å². The molecule has 0 aromatic carbocycles. The summed E-state index contributed by atoms with van der Waals surface area (Å²) in [5, 5.41) is 9.88. The Kier molecular flexibility index (Phi) is 62.6. The number of esters is 3. The van der Waals surface area contributed by atoms with Crippen molar-refractivity contribution in [3.05, 3.63) is 97.2 Å². The molecule has 0 spiro atoms. The summed E-state index contributed by atoms with van der Waals surface area (Å²) >= 11 is 0. The van der Waals surface area contributed by atoms with E-state index in [0.29, 0.717) is 19.3 Å². The molecule has 0 fully saturated rings. The van der Waals surface area contributed by atoms with E-state index in [9.17, 15) is 28.9 Å². The van der Waals surface area contributed by atoms with Gasteiger partial charge in [-0.2, -0.15) is 0 Å². The third-order valence-electron chi connectivity index (χ3n) is 14.5. The van der Waals surface area contributed by atoms with E-state index >= 15 is 0 Å². The highest BCUT2D eigenvalue weighted by Gasteiger charge is 2.28. The lowest BCUT2D eigenvalue weighted by Gasteiger charge is -2.21. The fourth-order valence-electron chi connectivity index (χ4n) is 9.29. The van der Waals surface area contributed by atoms with E-state index in [1.165, 1.54) is 141 Å². The summed E-state index contributed by atoms with van der Waals surface area (Å²) in [7, 11) is -4.77. The minimum Gasteiger partial charge on any atom is -0.462 e. The molecule has 0 aliphatic heterocycles. The zero-order valence-electron chi connectivity index (χ0n) is 53.8. The number of allylic oxidation sites excluding steroid dienone is 16. The molecule has 0 aliphatic rings. The molecule has 0 aromatic rings. The highest BCUT2D eigenvalue weighted by atomic mass is 31.2. The Morgan fingerprint density at radius 2 is 0.619 bits per heavy atom. The first kappa shape index (κ1) is 80.4. The number of ether oxygens (including phenoxy) is 3. The molecule has 12 heteroatoms. The van der Waals surface area contributed by atoms with Gasteiger partial charge in [0.2, 0.25) is 0 Å². The molecule has 3 unspecified atom stereocenters. The van der Waals surface area contributed by atoms with Gasteiger partial charge in [0.15, 0.2) is 6.10 Å². The minimum atomic E-state index is -4.77. The standard InChI is InChI=1S/C72H125O11P/c1-4-7-10-13-16-19-22-25-28-31-34-37-40-43-46-49-52-55-58-61-70(74)79-65-69(83-72(76)63-60-57-54-51-48-45-42-39-36-33-30-27-24-21-18-15-12-9-6-3)67-81-84(77,78)80-66-68(64-73)82-71(75)62-59-56-53-50-47-44-41-38-35-32-29-26-23-20-17-14-11-8-5-2/h7,10,16,18-19,21,25-30,34,37,43,46,68-69,73H,4-6,8-9,11-15,17,20,22-24,31-33,35-36,38-42,44-45,47-67H2,1-3H3,(H,77,78)/b10-7-,19-16-,21-18-,28-25-,29-26-,30-27-,37-34-,46-43-. The van der Waals surface area contributed by atoms with Crippen LogP contribution in [0.3, 0.4) is 0 Å². The lowest BCUT2D eigenvalue weighted by Crippen LogP contribution is -2.30. The average molecular weight is 1200 g/mol. The third-order valence-corrected chi connectivity index (χ3v) is 15.4. The molecule has 0 bridgehead atoms. The Bertz CT molecular complexity index is 1780. The Morgan fingerprint density at radius 3 is 1.00 bits per heavy atom. The Labute approximate surface area is 514 Å². The lowest BCUT2D eigenvalue weighted by molar-refractivity contribution is -0.161. The first-order chi connectivity index (χ1) is 41.2. The van der Waals surface area contributed by atoms with Crippen LogP contribution >= 0.6 is 7.82 Å². The van der Waals surface area contributed by atoms with Crippen molar-refractivity contribution in [1.29, 1.82) is 0 Å². The summed E-state index contributed by atoms with van der Waals surface area (Å²) in [4.78, 5) is 48.9. The molecule has 0 aromatic heterocycles. The Morgan fingerprint density at radius 1 is 0.345 bits per heavy atom. The van der Waals surface area contributed by atoms with Crippen LogP contribution in [-0.2, 0) is 42.2 Å². The van der Waals surface area contributed by atoms with E-state index in [4.69, 9.17) is 23.3 Å². The summed E-state index contributed by atoms with van der Waals surface area (Å²) < 4.78 is 39.8. The average Bonchev–Trinajstić information content (AvgIpc) is 3.55. The molecule has 0 heterocycles. The Hall–Kier alpha value is -3.60. The van der Waals surface area contributed by atoms with Crippen molar-refractivity contribution in [1.82, 2.24) is 0 Å². The van der Waals surface area contributed by atoms with E-state index in [1.54, 1.807) is 0 Å². The van der Waals surface area contributed by atoms with Crippen LogP contribution < -0.4 is 0 Å². The number of unbranched alkanes of at least 4 members (excludes halogenated alkanes) is 30. The van der Waals surface area contributed by atoms with Gasteiger partial charge in [-0.1, -0.05) is 259 Å². The lowest BCUT2D eigenvalue weighted by atomic mass is 10.1. The van der Waals surface area contributed by atoms with Gasteiger partial charge >= 0.3 is 25.7 Å². The maximum absolute atomic E-state index is 13.0. The van der Waals surface area contributed by atoms with Crippen LogP contribution in [0, 0.1) is 0 Å². The SMILES string of the molecule is CC/C=C\C/C=C\C/C=C\C/C=C\C/C=C\CCCCCC(=O)OCC(COP(=O)(O)OCC(CO)OC(=O)CCCCCCCCCCC/C=C\CCCCCCCC)OC(=O)CCCCCCCCCCC/C=C\C/C=C\CCCCC. The van der Waals surface area contributed by atoms with Crippen molar-refractivity contribution in [2.24, 2.45) is 0 Å². The smallest absolute Gasteiger partial charge is 0.462 e. The number of hydrogen-bond donors (Lipinski definition) is 2. The number of rotatable bonds is 63. The summed E-state index contributed by atoms with van der Waals surface area (Å²) in [6.07, 6.45) is 79.2. The molecule has 2 N–H and O–H groups in total. The second-order valence-corrected chi connectivity index (χ2v) is 24.1. The molecule has 484 valence electrons. The van der Waals surface area contributed by atoms with Gasteiger partial charge in [-0.25, -0.2) is 4.57 Å². The molecule has 0 saturated carbocycles. The largest absolute Gasteiger partial charge is 0.472 e. The second kappa shape index (κ2) is 65.4. The Balaban J connectivity index is 4.73. The summed E-state index contributed by atoms with van der Waals surface area (Å²) in [6, 6.07) is 0. The molecule has 0 radical (unpaired) electrons. The van der Waals surface area contributed by atoms with Crippen molar-refractivity contribution >= 4 is 25.7 Å². The van der Waals surface area contributed by atoms with E-state index in [0.717, 1.165) is 103 Å². The summed E-state index contributed by atoms with van der Waals surface area (Å²) in [5.41, 5.74) is 0. The number of aliphatic hydroxyl groups excluding tert-OH is 1. The fourth-order valence-corrected chi connectivity index (χ4v) is 10.1. The predicted molar refractivity (Wildman–Crippen MR) is 353 cm³/mol. The maximum atomic E-state index is 13.0. The molecule has 11 nitrogen and oxygen atoms in total. The second-order valence-electron chi connectivity index (χ2n) is 22.6. The highest BCUT2D eigenvalue weighted by Crippen LogP contribution is 2.43. The van der Waals surface area contributed by atoms with Crippen LogP contribution in [0.1, 0.15) is 303 Å². The molecule has 0 aliphatic carbocycles. The monoisotopic (exact) mass is 1200 g/mol. The van der Waals surface area contributed by atoms with Crippen LogP contribution in [0.5, 0.6) is 0 Å². The van der Waals surface area contributed by atoms with Crippen LogP contribution in [-0.4, -0.2) is 66.5 Å². The molecular weight excluding hydrogens is 1070 g/mol. The number of aliphatic hydroxyl groups is 1. The van der Waals surface area contributed by atoms with Crippen molar-refractivity contribution in [3.8, 4) is 0 Å². The molecule has 3 atom stereocenters. The van der Waals surface area contributed by atoms with Crippen molar-refractivity contribution < 1.29 is 52.2 Å². The third kappa shape index (κ3) is 62.9. The summed E-state index contributed by atoms with van der Waals surface area (Å²) in [5.74, 6) is -1.50. The molecule has 0 saturated heterocycles.